The first-order valence-corrected chi connectivity index (χ1v) is 6.71. The van der Waals surface area contributed by atoms with Crippen molar-refractivity contribution in [2.75, 3.05) is 13.2 Å². The van der Waals surface area contributed by atoms with Crippen LogP contribution in [0.2, 0.25) is 0 Å². The third-order valence-corrected chi connectivity index (χ3v) is 3.44. The number of rotatable bonds is 4. The Balaban J connectivity index is 3.68. The van der Waals surface area contributed by atoms with Gasteiger partial charge in [-0.1, -0.05) is 41.5 Å². The van der Waals surface area contributed by atoms with Gasteiger partial charge in [0.1, 0.15) is 0 Å². The summed E-state index contributed by atoms with van der Waals surface area (Å²) in [5.41, 5.74) is -0.145. The maximum absolute atomic E-state index is 5.48. The molecule has 0 unspecified atom stereocenters. The molecule has 0 aromatic heterocycles. The summed E-state index contributed by atoms with van der Waals surface area (Å²) in [6.07, 6.45) is 0.798. The van der Waals surface area contributed by atoms with E-state index in [1.807, 2.05) is 41.5 Å². The molecule has 0 spiro atoms. The van der Waals surface area contributed by atoms with Gasteiger partial charge in [0.15, 0.2) is 10.1 Å². The van der Waals surface area contributed by atoms with Gasteiger partial charge in [-0.3, -0.25) is 0 Å². The largest absolute Gasteiger partial charge is 0.486 e. The minimum Gasteiger partial charge on any atom is -0.486 e. The molecule has 0 amide bonds. The van der Waals surface area contributed by atoms with Gasteiger partial charge in [-0.2, -0.15) is 0 Å². The Bertz CT molecular complexity index is 244. The molecule has 17 heavy (non-hydrogen) atoms. The van der Waals surface area contributed by atoms with E-state index >= 15 is 0 Å². The van der Waals surface area contributed by atoms with Crippen molar-refractivity contribution >= 4 is 34.5 Å². The Morgan fingerprint density at radius 3 is 1.29 bits per heavy atom. The summed E-state index contributed by atoms with van der Waals surface area (Å²) in [4.78, 5) is 0. The molecular formula is C13H24O2S2. The van der Waals surface area contributed by atoms with Gasteiger partial charge in [-0.05, 0) is 24.4 Å². The summed E-state index contributed by atoms with van der Waals surface area (Å²) in [6.45, 7) is 13.4. The number of hydrogen-bond acceptors (Lipinski definition) is 4. The third-order valence-electron chi connectivity index (χ3n) is 1.98. The van der Waals surface area contributed by atoms with Crippen LogP contribution < -0.4 is 0 Å². The standard InChI is InChI=1S/C13H24O2S2/c1-12(2,3)10(16)14-8-7-9-15-11(17)13(4,5)6/h7-9H2,1-6H3. The zero-order chi connectivity index (χ0) is 13.7. The molecule has 0 aliphatic rings. The zero-order valence-electron chi connectivity index (χ0n) is 11.8. The fraction of sp³-hybridized carbons (Fsp3) is 0.846. The van der Waals surface area contributed by atoms with E-state index in [1.54, 1.807) is 0 Å². The highest BCUT2D eigenvalue weighted by molar-refractivity contribution is 7.80. The molecule has 0 aliphatic carbocycles. The van der Waals surface area contributed by atoms with Crippen molar-refractivity contribution in [3.63, 3.8) is 0 Å². The predicted octanol–water partition coefficient (Wildman–Crippen LogP) is 4.16. The quantitative estimate of drug-likeness (QED) is 0.567. The summed E-state index contributed by atoms with van der Waals surface area (Å²) in [6, 6.07) is 0. The predicted molar refractivity (Wildman–Crippen MR) is 80.6 cm³/mol. The molecule has 2 nitrogen and oxygen atoms in total. The highest BCUT2D eigenvalue weighted by atomic mass is 32.1. The van der Waals surface area contributed by atoms with Crippen LogP contribution in [0.4, 0.5) is 0 Å². The van der Waals surface area contributed by atoms with Crippen molar-refractivity contribution in [2.24, 2.45) is 10.8 Å². The number of thiocarbonyl (C=S) groups is 2. The second-order valence-corrected chi connectivity index (χ2v) is 6.87. The Kier molecular flexibility index (Phi) is 6.56. The van der Waals surface area contributed by atoms with E-state index in [-0.39, 0.29) is 10.8 Å². The van der Waals surface area contributed by atoms with E-state index < -0.39 is 0 Å². The normalized spacial score (nSPS) is 12.1. The molecule has 0 atom stereocenters. The van der Waals surface area contributed by atoms with Crippen LogP contribution in [0.3, 0.4) is 0 Å². The number of ether oxygens (including phenoxy) is 2. The molecule has 0 saturated carbocycles. The highest BCUT2D eigenvalue weighted by Gasteiger charge is 2.19. The van der Waals surface area contributed by atoms with Gasteiger partial charge in [-0.15, -0.1) is 0 Å². The van der Waals surface area contributed by atoms with Gasteiger partial charge in [0.25, 0.3) is 0 Å². The van der Waals surface area contributed by atoms with Crippen molar-refractivity contribution in [3.8, 4) is 0 Å². The maximum Gasteiger partial charge on any atom is 0.164 e. The van der Waals surface area contributed by atoms with Crippen LogP contribution in [0.15, 0.2) is 0 Å². The lowest BCUT2D eigenvalue weighted by Gasteiger charge is -2.21. The third kappa shape index (κ3) is 7.66. The van der Waals surface area contributed by atoms with E-state index in [2.05, 4.69) is 0 Å². The van der Waals surface area contributed by atoms with Crippen molar-refractivity contribution < 1.29 is 9.47 Å². The molecular weight excluding hydrogens is 252 g/mol. The van der Waals surface area contributed by atoms with Crippen LogP contribution in [0, 0.1) is 10.8 Å². The van der Waals surface area contributed by atoms with Gasteiger partial charge < -0.3 is 9.47 Å². The van der Waals surface area contributed by atoms with E-state index in [9.17, 15) is 0 Å². The Hall–Kier alpha value is -0.220. The fourth-order valence-corrected chi connectivity index (χ4v) is 0.988. The van der Waals surface area contributed by atoms with Crippen LogP contribution >= 0.6 is 24.4 Å². The second-order valence-electron chi connectivity index (χ2n) is 6.13. The van der Waals surface area contributed by atoms with Crippen LogP contribution in [0.1, 0.15) is 48.0 Å². The number of hydrogen-bond donors (Lipinski definition) is 0. The Labute approximate surface area is 116 Å². The first-order chi connectivity index (χ1) is 7.55. The summed E-state index contributed by atoms with van der Waals surface area (Å²) in [5, 5.41) is 1.30. The average molecular weight is 276 g/mol. The summed E-state index contributed by atoms with van der Waals surface area (Å²) in [7, 11) is 0. The van der Waals surface area contributed by atoms with Gasteiger partial charge in [-0.25, -0.2) is 0 Å². The summed E-state index contributed by atoms with van der Waals surface area (Å²) >= 11 is 10.3. The zero-order valence-corrected chi connectivity index (χ0v) is 13.4. The highest BCUT2D eigenvalue weighted by Crippen LogP contribution is 2.18. The second kappa shape index (κ2) is 6.64. The fourth-order valence-electron chi connectivity index (χ4n) is 0.822. The summed E-state index contributed by atoms with van der Waals surface area (Å²) in [5.74, 6) is 0. The monoisotopic (exact) mass is 276 g/mol. The molecule has 0 rings (SSSR count). The van der Waals surface area contributed by atoms with Crippen molar-refractivity contribution in [3.05, 3.63) is 0 Å². The lowest BCUT2D eigenvalue weighted by atomic mass is 9.98. The van der Waals surface area contributed by atoms with Crippen molar-refractivity contribution in [2.45, 2.75) is 48.0 Å². The van der Waals surface area contributed by atoms with Crippen LogP contribution in [-0.4, -0.2) is 23.3 Å². The van der Waals surface area contributed by atoms with Crippen LogP contribution in [-0.2, 0) is 9.47 Å². The average Bonchev–Trinajstić information content (AvgIpc) is 2.13. The van der Waals surface area contributed by atoms with Crippen molar-refractivity contribution in [1.82, 2.24) is 0 Å². The Morgan fingerprint density at radius 1 is 0.765 bits per heavy atom. The van der Waals surface area contributed by atoms with E-state index in [1.165, 1.54) is 0 Å². The minimum absolute atomic E-state index is 0.0725. The van der Waals surface area contributed by atoms with Crippen LogP contribution in [0.5, 0.6) is 0 Å². The molecule has 0 aromatic rings. The van der Waals surface area contributed by atoms with Crippen molar-refractivity contribution in [1.29, 1.82) is 0 Å². The molecule has 0 bridgehead atoms. The van der Waals surface area contributed by atoms with E-state index in [0.717, 1.165) is 6.42 Å². The molecule has 0 saturated heterocycles. The van der Waals surface area contributed by atoms with Gasteiger partial charge >= 0.3 is 0 Å². The maximum atomic E-state index is 5.48. The van der Waals surface area contributed by atoms with Gasteiger partial charge in [0, 0.05) is 17.3 Å². The first-order valence-electron chi connectivity index (χ1n) is 5.89. The topological polar surface area (TPSA) is 18.5 Å². The molecule has 0 aliphatic heterocycles. The molecule has 0 fully saturated rings. The first kappa shape index (κ1) is 16.8. The lowest BCUT2D eigenvalue weighted by molar-refractivity contribution is 0.212. The molecule has 0 radical (unpaired) electrons. The Morgan fingerprint density at radius 2 is 1.06 bits per heavy atom. The molecule has 4 heteroatoms. The van der Waals surface area contributed by atoms with Gasteiger partial charge in [0.2, 0.25) is 0 Å². The molecule has 0 aromatic carbocycles. The van der Waals surface area contributed by atoms with E-state index in [4.69, 9.17) is 33.9 Å². The van der Waals surface area contributed by atoms with E-state index in [0.29, 0.717) is 23.3 Å². The molecule has 0 N–H and O–H groups in total. The van der Waals surface area contributed by atoms with Crippen LogP contribution in [0.25, 0.3) is 0 Å². The SMILES string of the molecule is CC(C)(C)C(=S)OCCCOC(=S)C(C)(C)C. The molecule has 100 valence electrons. The van der Waals surface area contributed by atoms with Gasteiger partial charge in [0.05, 0.1) is 13.2 Å². The minimum atomic E-state index is -0.0725. The molecule has 0 heterocycles. The smallest absolute Gasteiger partial charge is 0.164 e. The lowest BCUT2D eigenvalue weighted by Crippen LogP contribution is -2.23. The summed E-state index contributed by atoms with van der Waals surface area (Å²) < 4.78 is 11.0.